The van der Waals surface area contributed by atoms with Crippen molar-refractivity contribution in [3.05, 3.63) is 59.7 Å². The summed E-state index contributed by atoms with van der Waals surface area (Å²) in [4.78, 5) is 65.8. The Morgan fingerprint density at radius 2 is 1.74 bits per heavy atom. The second-order valence-corrected chi connectivity index (χ2v) is 11.1. The van der Waals surface area contributed by atoms with E-state index >= 15 is 0 Å². The zero-order chi connectivity index (χ0) is 31.6. The summed E-state index contributed by atoms with van der Waals surface area (Å²) in [6.45, 7) is 7.00. The molecular weight excluding hydrogens is 554 g/mol. The minimum Gasteiger partial charge on any atom is -0.497 e. The smallest absolute Gasteiger partial charge is 0.255 e. The molecule has 0 spiro atoms. The first-order chi connectivity index (χ1) is 20.4. The van der Waals surface area contributed by atoms with Gasteiger partial charge in [-0.2, -0.15) is 0 Å². The summed E-state index contributed by atoms with van der Waals surface area (Å²) < 4.78 is 10.9. The molecule has 0 saturated carbocycles. The van der Waals surface area contributed by atoms with Crippen LogP contribution in [0.1, 0.15) is 50.0 Å². The van der Waals surface area contributed by atoms with Crippen molar-refractivity contribution in [2.45, 2.75) is 58.2 Å². The maximum atomic E-state index is 13.3. The number of hydrogen-bond acceptors (Lipinski definition) is 7. The second-order valence-electron chi connectivity index (χ2n) is 11.1. The molecular formula is C31H41N5O7. The van der Waals surface area contributed by atoms with E-state index in [0.29, 0.717) is 12.2 Å². The third-order valence-corrected chi connectivity index (χ3v) is 6.93. The van der Waals surface area contributed by atoms with Crippen LogP contribution >= 0.6 is 0 Å². The summed E-state index contributed by atoms with van der Waals surface area (Å²) in [5.41, 5.74) is -0.303. The van der Waals surface area contributed by atoms with Gasteiger partial charge in [0.2, 0.25) is 23.6 Å². The van der Waals surface area contributed by atoms with Gasteiger partial charge < -0.3 is 36.1 Å². The van der Waals surface area contributed by atoms with E-state index in [2.05, 4.69) is 26.6 Å². The molecule has 3 rings (SSSR count). The van der Waals surface area contributed by atoms with Gasteiger partial charge in [-0.05, 0) is 56.0 Å². The molecule has 0 aliphatic carbocycles. The van der Waals surface area contributed by atoms with E-state index in [1.54, 1.807) is 39.2 Å². The lowest BCUT2D eigenvalue weighted by Gasteiger charge is -2.30. The van der Waals surface area contributed by atoms with E-state index in [0.717, 1.165) is 5.56 Å². The number of nitrogens with one attached hydrogen (secondary N) is 5. The largest absolute Gasteiger partial charge is 0.497 e. The van der Waals surface area contributed by atoms with Gasteiger partial charge in [0.05, 0.1) is 25.6 Å². The first-order valence-electron chi connectivity index (χ1n) is 14.2. The maximum Gasteiger partial charge on any atom is 0.255 e. The van der Waals surface area contributed by atoms with Gasteiger partial charge in [0.15, 0.2) is 0 Å². The molecule has 0 unspecified atom stereocenters. The molecule has 2 atom stereocenters. The lowest BCUT2D eigenvalue weighted by atomic mass is 9.99. The first-order valence-corrected chi connectivity index (χ1v) is 14.2. The number of hydrogen-bond donors (Lipinski definition) is 5. The Morgan fingerprint density at radius 3 is 2.42 bits per heavy atom. The van der Waals surface area contributed by atoms with Crippen molar-refractivity contribution in [2.24, 2.45) is 5.92 Å². The Bertz CT molecular complexity index is 1310. The minimum atomic E-state index is -1.42. The van der Waals surface area contributed by atoms with Crippen LogP contribution in [0.15, 0.2) is 48.5 Å². The monoisotopic (exact) mass is 595 g/mol. The number of carbonyl (C=O) groups excluding carboxylic acids is 5. The summed E-state index contributed by atoms with van der Waals surface area (Å²) in [7, 11) is 1.58. The zero-order valence-electron chi connectivity index (χ0n) is 25.2. The highest BCUT2D eigenvalue weighted by Gasteiger charge is 2.35. The van der Waals surface area contributed by atoms with Gasteiger partial charge in [0, 0.05) is 6.54 Å². The Morgan fingerprint density at radius 1 is 1.05 bits per heavy atom. The van der Waals surface area contributed by atoms with Crippen LogP contribution in [0, 0.1) is 5.92 Å². The highest BCUT2D eigenvalue weighted by Crippen LogP contribution is 2.18. The van der Waals surface area contributed by atoms with Gasteiger partial charge in [0.1, 0.15) is 35.7 Å². The molecule has 0 bridgehead atoms. The van der Waals surface area contributed by atoms with Crippen LogP contribution in [0.5, 0.6) is 11.5 Å². The molecule has 5 N–H and O–H groups in total. The Hall–Kier alpha value is -4.61. The third-order valence-electron chi connectivity index (χ3n) is 6.93. The summed E-state index contributed by atoms with van der Waals surface area (Å²) in [5.74, 6) is -2.09. The maximum absolute atomic E-state index is 13.3. The van der Waals surface area contributed by atoms with E-state index in [4.69, 9.17) is 9.47 Å². The number of ether oxygens (including phenoxy) is 2. The Kier molecular flexibility index (Phi) is 11.5. The molecule has 1 aliphatic rings. The average molecular weight is 596 g/mol. The van der Waals surface area contributed by atoms with Gasteiger partial charge in [-0.15, -0.1) is 0 Å². The molecule has 5 amide bonds. The number of methoxy groups -OCH3 is 1. The van der Waals surface area contributed by atoms with Crippen LogP contribution in [0.3, 0.4) is 0 Å². The molecule has 1 aliphatic heterocycles. The Labute approximate surface area is 251 Å². The average Bonchev–Trinajstić information content (AvgIpc) is 2.97. The molecule has 0 aromatic heterocycles. The molecule has 12 heteroatoms. The van der Waals surface area contributed by atoms with Crippen LogP contribution in [-0.2, 0) is 25.6 Å². The predicted molar refractivity (Wildman–Crippen MR) is 160 cm³/mol. The van der Waals surface area contributed by atoms with E-state index in [1.807, 2.05) is 24.3 Å². The molecule has 1 heterocycles. The van der Waals surface area contributed by atoms with Gasteiger partial charge in [0.25, 0.3) is 5.91 Å². The second kappa shape index (κ2) is 15.0. The van der Waals surface area contributed by atoms with Crippen LogP contribution in [0.2, 0.25) is 0 Å². The number of benzene rings is 2. The SMILES string of the molecule is COc1ccc(CCNC(=O)[C@@H]2CC(=O)NC(C)(C)C(=O)N[C@H](C(C)C)C(=O)NCCOc3ccccc3C(=O)N2)cc1. The molecule has 2 aromatic rings. The summed E-state index contributed by atoms with van der Waals surface area (Å²) in [6.07, 6.45) is 0.0736. The van der Waals surface area contributed by atoms with E-state index in [-0.39, 0.29) is 36.9 Å². The lowest BCUT2D eigenvalue weighted by molar-refractivity contribution is -0.136. The van der Waals surface area contributed by atoms with Crippen LogP contribution in [-0.4, -0.2) is 74.0 Å². The fourth-order valence-corrected chi connectivity index (χ4v) is 4.41. The normalized spacial score (nSPS) is 19.9. The fourth-order valence-electron chi connectivity index (χ4n) is 4.41. The van der Waals surface area contributed by atoms with Crippen molar-refractivity contribution < 1.29 is 33.4 Å². The standard InChI is InChI=1S/C31H41N5O7/c1-19(2)26-29(40)33-16-17-43-24-9-7-6-8-22(24)27(38)34-23(18-25(37)36-31(3,4)30(41)35-26)28(39)32-15-14-20-10-12-21(42-5)13-11-20/h6-13,19,23,26H,14-18H2,1-5H3,(H,32,39)(H,33,40)(H,34,38)(H,35,41)(H,36,37)/t23-,26+/m0/s1. The van der Waals surface area contributed by atoms with Crippen molar-refractivity contribution in [1.82, 2.24) is 26.6 Å². The van der Waals surface area contributed by atoms with Gasteiger partial charge >= 0.3 is 0 Å². The van der Waals surface area contributed by atoms with Crippen LogP contribution < -0.4 is 36.1 Å². The van der Waals surface area contributed by atoms with Gasteiger partial charge in [-0.3, -0.25) is 24.0 Å². The summed E-state index contributed by atoms with van der Waals surface area (Å²) >= 11 is 0. The topological polar surface area (TPSA) is 164 Å². The molecule has 232 valence electrons. The van der Waals surface area contributed by atoms with Crippen molar-refractivity contribution in [3.8, 4) is 11.5 Å². The highest BCUT2D eigenvalue weighted by molar-refractivity contribution is 6.01. The number of amides is 5. The lowest BCUT2D eigenvalue weighted by Crippen LogP contribution is -2.60. The van der Waals surface area contributed by atoms with Crippen molar-refractivity contribution in [1.29, 1.82) is 0 Å². The molecule has 12 nitrogen and oxygen atoms in total. The minimum absolute atomic E-state index is 0.0512. The highest BCUT2D eigenvalue weighted by atomic mass is 16.5. The van der Waals surface area contributed by atoms with E-state index in [1.165, 1.54) is 19.9 Å². The summed E-state index contributed by atoms with van der Waals surface area (Å²) in [6, 6.07) is 11.8. The van der Waals surface area contributed by atoms with E-state index < -0.39 is 53.6 Å². The van der Waals surface area contributed by atoms with E-state index in [9.17, 15) is 24.0 Å². The Balaban J connectivity index is 1.83. The van der Waals surface area contributed by atoms with Gasteiger partial charge in [-0.25, -0.2) is 0 Å². The first kappa shape index (κ1) is 32.9. The third kappa shape index (κ3) is 9.45. The van der Waals surface area contributed by atoms with Crippen molar-refractivity contribution in [3.63, 3.8) is 0 Å². The molecule has 2 aromatic carbocycles. The zero-order valence-corrected chi connectivity index (χ0v) is 25.2. The van der Waals surface area contributed by atoms with Crippen LogP contribution in [0.4, 0.5) is 0 Å². The predicted octanol–water partition coefficient (Wildman–Crippen LogP) is 1.09. The fraction of sp³-hybridized carbons (Fsp3) is 0.452. The molecule has 0 fully saturated rings. The quantitative estimate of drug-likeness (QED) is 0.334. The molecule has 0 saturated heterocycles. The number of carbonyl (C=O) groups is 5. The van der Waals surface area contributed by atoms with Crippen molar-refractivity contribution in [2.75, 3.05) is 26.8 Å². The molecule has 43 heavy (non-hydrogen) atoms. The van der Waals surface area contributed by atoms with Crippen molar-refractivity contribution >= 4 is 29.5 Å². The molecule has 0 radical (unpaired) electrons. The number of rotatable bonds is 6. The van der Waals surface area contributed by atoms with Gasteiger partial charge in [-0.1, -0.05) is 38.1 Å². The van der Waals surface area contributed by atoms with Crippen LogP contribution in [0.25, 0.3) is 0 Å². The number of fused-ring (bicyclic) bond motifs is 1. The summed E-state index contributed by atoms with van der Waals surface area (Å²) in [5, 5.41) is 13.5. The number of para-hydroxylation sites is 1.